The number of furan rings is 1. The second kappa shape index (κ2) is 14.4. The van der Waals surface area contributed by atoms with Crippen LogP contribution in [0, 0.1) is 0 Å². The highest BCUT2D eigenvalue weighted by Gasteiger charge is 2.27. The maximum Gasteiger partial charge on any atom is 0.264 e. The third-order valence-electron chi connectivity index (χ3n) is 8.41. The predicted octanol–water partition coefficient (Wildman–Crippen LogP) is 8.40. The first-order valence-electron chi connectivity index (χ1n) is 16.1. The summed E-state index contributed by atoms with van der Waals surface area (Å²) in [6.07, 6.45) is 5.13. The van der Waals surface area contributed by atoms with Gasteiger partial charge in [0.15, 0.2) is 5.75 Å². The van der Waals surface area contributed by atoms with Gasteiger partial charge in [0.05, 0.1) is 17.2 Å². The quantitative estimate of drug-likeness (QED) is 0.116. The van der Waals surface area contributed by atoms with Crippen LogP contribution in [0.15, 0.2) is 119 Å². The first-order valence-corrected chi connectivity index (χ1v) is 19.3. The van der Waals surface area contributed by atoms with Gasteiger partial charge in [-0.25, -0.2) is 0 Å². The van der Waals surface area contributed by atoms with Gasteiger partial charge in [0.2, 0.25) is 5.88 Å². The number of nitrogens with zero attached hydrogens (tertiary/aromatic N) is 1. The van der Waals surface area contributed by atoms with Crippen molar-refractivity contribution in [2.45, 2.75) is 32.6 Å². The smallest absolute Gasteiger partial charge is 0.264 e. The molecule has 49 heavy (non-hydrogen) atoms. The van der Waals surface area contributed by atoms with Crippen LogP contribution in [0.1, 0.15) is 37.5 Å². The fourth-order valence-corrected chi connectivity index (χ4v) is 7.01. The van der Waals surface area contributed by atoms with Crippen molar-refractivity contribution in [2.24, 2.45) is 0 Å². The standard InChI is InChI=1S/C38H37NO8S2/c1-2-27(23-37-32(15-9-21-48(40,41)42)33-25-30(16-18-35(33)46-37)28-11-5-3-6-12-28)24-38-39(20-10-22-49(43,44)45)34-26-31(17-19-36(34)47-38)29-13-7-4-8-14-29/h3-8,11-14,16-19,23-26H,2,9-10,15,20-22H2,1H3,(H,40,41,42)(H,43,44,45). The highest BCUT2D eigenvalue weighted by atomic mass is 32.2. The molecule has 9 nitrogen and oxygen atoms in total. The molecule has 11 heteroatoms. The second-order valence-corrected chi connectivity index (χ2v) is 15.1. The largest absolute Gasteiger partial charge is 0.456 e. The molecule has 0 saturated heterocycles. The summed E-state index contributed by atoms with van der Waals surface area (Å²) in [5.74, 6) is 0.929. The lowest BCUT2D eigenvalue weighted by molar-refractivity contribution is 0.436. The lowest BCUT2D eigenvalue weighted by atomic mass is 9.99. The van der Waals surface area contributed by atoms with E-state index in [-0.39, 0.29) is 25.1 Å². The number of rotatable bonds is 13. The molecule has 0 saturated carbocycles. The molecule has 0 amide bonds. The number of hydrogen-bond acceptors (Lipinski definition) is 7. The molecule has 254 valence electrons. The van der Waals surface area contributed by atoms with Gasteiger partial charge in [-0.1, -0.05) is 79.7 Å². The van der Waals surface area contributed by atoms with E-state index in [1.54, 1.807) is 0 Å². The Kier molecular flexibility index (Phi) is 10.1. The summed E-state index contributed by atoms with van der Waals surface area (Å²) >= 11 is 0. The first-order chi connectivity index (χ1) is 23.5. The average Bonchev–Trinajstić information content (AvgIpc) is 3.60. The maximum atomic E-state index is 11.6. The molecule has 1 aromatic heterocycles. The van der Waals surface area contributed by atoms with E-state index in [0.29, 0.717) is 35.8 Å². The minimum Gasteiger partial charge on any atom is -0.456 e. The zero-order valence-corrected chi connectivity index (χ0v) is 28.6. The van der Waals surface area contributed by atoms with E-state index in [1.807, 2.05) is 121 Å². The predicted molar refractivity (Wildman–Crippen MR) is 194 cm³/mol. The van der Waals surface area contributed by atoms with E-state index in [4.69, 9.17) is 9.15 Å². The molecule has 0 aliphatic carbocycles. The molecule has 5 aromatic rings. The Bertz CT molecular complexity index is 2240. The number of aryl methyl sites for hydroxylation is 1. The van der Waals surface area contributed by atoms with E-state index in [1.165, 1.54) is 0 Å². The minimum atomic E-state index is -4.15. The van der Waals surface area contributed by atoms with Crippen LogP contribution in [0.5, 0.6) is 5.75 Å². The normalized spacial score (nSPS) is 14.4. The average molecular weight is 700 g/mol. The lowest BCUT2D eigenvalue weighted by Crippen LogP contribution is -2.23. The van der Waals surface area contributed by atoms with Crippen LogP contribution in [0.4, 0.5) is 5.69 Å². The molecular weight excluding hydrogens is 663 g/mol. The van der Waals surface area contributed by atoms with Crippen LogP contribution < -0.4 is 9.64 Å². The molecule has 4 aromatic carbocycles. The summed E-state index contributed by atoms with van der Waals surface area (Å²) in [6, 6.07) is 31.6. The summed E-state index contributed by atoms with van der Waals surface area (Å²) in [5.41, 5.74) is 7.14. The molecule has 2 N–H and O–H groups in total. The third-order valence-corrected chi connectivity index (χ3v) is 10.0. The number of benzene rings is 4. The van der Waals surface area contributed by atoms with Crippen molar-refractivity contribution in [1.82, 2.24) is 0 Å². The number of fused-ring (bicyclic) bond motifs is 2. The van der Waals surface area contributed by atoms with Gasteiger partial charge in [0, 0.05) is 23.6 Å². The number of anilines is 1. The zero-order chi connectivity index (χ0) is 34.6. The van der Waals surface area contributed by atoms with Gasteiger partial charge < -0.3 is 14.1 Å². The monoisotopic (exact) mass is 699 g/mol. The molecule has 0 bridgehead atoms. The molecule has 0 spiro atoms. The molecule has 1 aliphatic rings. The van der Waals surface area contributed by atoms with Crippen molar-refractivity contribution in [1.29, 1.82) is 0 Å². The van der Waals surface area contributed by atoms with E-state index >= 15 is 0 Å². The highest BCUT2D eigenvalue weighted by Crippen LogP contribution is 2.42. The van der Waals surface area contributed by atoms with E-state index < -0.39 is 26.0 Å². The van der Waals surface area contributed by atoms with Crippen LogP contribution in [0.2, 0.25) is 0 Å². The Morgan fingerprint density at radius 3 is 2.00 bits per heavy atom. The summed E-state index contributed by atoms with van der Waals surface area (Å²) in [4.78, 5) is 1.91. The van der Waals surface area contributed by atoms with Crippen molar-refractivity contribution in [3.63, 3.8) is 0 Å². The Labute approximate surface area is 286 Å². The lowest BCUT2D eigenvalue weighted by Gasteiger charge is -2.19. The Hall–Kier alpha value is -4.68. The molecule has 6 rings (SSSR count). The molecule has 2 heterocycles. The highest BCUT2D eigenvalue weighted by molar-refractivity contribution is 7.86. The Morgan fingerprint density at radius 1 is 0.755 bits per heavy atom. The summed E-state index contributed by atoms with van der Waals surface area (Å²) in [6.45, 7) is 2.27. The van der Waals surface area contributed by atoms with Gasteiger partial charge in [0.1, 0.15) is 11.3 Å². The van der Waals surface area contributed by atoms with Gasteiger partial charge in [-0.3, -0.25) is 9.11 Å². The topological polar surface area (TPSA) is 134 Å². The Balaban J connectivity index is 1.39. The van der Waals surface area contributed by atoms with E-state index in [9.17, 15) is 25.9 Å². The molecule has 1 aliphatic heterocycles. The van der Waals surface area contributed by atoms with Crippen LogP contribution >= 0.6 is 0 Å². The Morgan fingerprint density at radius 2 is 1.37 bits per heavy atom. The second-order valence-electron chi connectivity index (χ2n) is 11.9. The van der Waals surface area contributed by atoms with Crippen molar-refractivity contribution < 1.29 is 35.1 Å². The van der Waals surface area contributed by atoms with Gasteiger partial charge in [0.25, 0.3) is 20.2 Å². The molecule has 0 atom stereocenters. The summed E-state index contributed by atoms with van der Waals surface area (Å²) in [7, 11) is -8.29. The van der Waals surface area contributed by atoms with E-state index in [2.05, 4.69) is 0 Å². The fraction of sp³-hybridized carbons (Fsp3) is 0.211. The van der Waals surface area contributed by atoms with Crippen LogP contribution in [0.3, 0.4) is 0 Å². The van der Waals surface area contributed by atoms with Crippen LogP contribution in [0.25, 0.3) is 39.3 Å². The molecule has 0 fully saturated rings. The SMILES string of the molecule is CCC(=Cc1oc2ccc(-c3ccccc3)cc2c1CCCS(=O)(=O)O)C=C1Oc2ccc(-c3ccccc3)cc2N1CCCS(=O)(=O)O. The number of allylic oxidation sites excluding steroid dienone is 2. The summed E-state index contributed by atoms with van der Waals surface area (Å²) in [5, 5.41) is 0.857. The van der Waals surface area contributed by atoms with Gasteiger partial charge in [-0.15, -0.1) is 0 Å². The summed E-state index contributed by atoms with van der Waals surface area (Å²) < 4.78 is 77.8. The number of ether oxygens (including phenoxy) is 1. The fourth-order valence-electron chi connectivity index (χ4n) is 6.01. The van der Waals surface area contributed by atoms with Gasteiger partial charge in [-0.05, 0) is 83.9 Å². The maximum absolute atomic E-state index is 11.6. The molecular formula is C38H37NO8S2. The number of hydrogen-bond donors (Lipinski definition) is 2. The molecule has 0 unspecified atom stereocenters. The third kappa shape index (κ3) is 8.49. The van der Waals surface area contributed by atoms with Gasteiger partial charge in [-0.2, -0.15) is 16.8 Å². The zero-order valence-electron chi connectivity index (χ0n) is 26.9. The van der Waals surface area contributed by atoms with Gasteiger partial charge >= 0.3 is 0 Å². The minimum absolute atomic E-state index is 0.172. The van der Waals surface area contributed by atoms with Crippen molar-refractivity contribution in [3.8, 4) is 28.0 Å². The van der Waals surface area contributed by atoms with E-state index in [0.717, 1.165) is 44.5 Å². The first kappa shape index (κ1) is 34.2. The van der Waals surface area contributed by atoms with Crippen molar-refractivity contribution in [2.75, 3.05) is 23.0 Å². The van der Waals surface area contributed by atoms with Crippen molar-refractivity contribution >= 4 is 43.0 Å². The van der Waals surface area contributed by atoms with Crippen LogP contribution in [-0.2, 0) is 26.7 Å². The molecule has 0 radical (unpaired) electrons. The van der Waals surface area contributed by atoms with Crippen molar-refractivity contribution in [3.05, 3.63) is 126 Å². The van der Waals surface area contributed by atoms with Crippen LogP contribution in [-0.4, -0.2) is 44.0 Å².